The minimum Gasteiger partial charge on any atom is -0.310 e. The maximum Gasteiger partial charge on any atom is 0.120 e. The molecule has 2 atom stereocenters. The molecular formula is C16H19NOS. The Morgan fingerprint density at radius 2 is 2.26 bits per heavy atom. The second-order valence-electron chi connectivity index (χ2n) is 5.43. The lowest BCUT2D eigenvalue weighted by molar-refractivity contribution is -0.109. The molecule has 2 aliphatic carbocycles. The molecule has 2 aliphatic rings. The van der Waals surface area contributed by atoms with Crippen molar-refractivity contribution in [3.63, 3.8) is 0 Å². The summed E-state index contributed by atoms with van der Waals surface area (Å²) < 4.78 is 0. The first-order valence-corrected chi connectivity index (χ1v) is 7.96. The Bertz CT molecular complexity index is 525. The van der Waals surface area contributed by atoms with E-state index in [0.717, 1.165) is 12.8 Å². The molecule has 0 spiro atoms. The molecule has 3 heteroatoms. The van der Waals surface area contributed by atoms with Crippen molar-refractivity contribution >= 4 is 29.8 Å². The molecule has 0 aromatic carbocycles. The highest BCUT2D eigenvalue weighted by atomic mass is 32.1. The van der Waals surface area contributed by atoms with E-state index in [-0.39, 0.29) is 0 Å². The van der Waals surface area contributed by atoms with E-state index in [1.165, 1.54) is 41.7 Å². The highest BCUT2D eigenvalue weighted by molar-refractivity contribution is 7.11. The average Bonchev–Trinajstić information content (AvgIpc) is 3.02. The van der Waals surface area contributed by atoms with Crippen LogP contribution in [0.4, 0.5) is 0 Å². The zero-order valence-electron chi connectivity index (χ0n) is 11.0. The van der Waals surface area contributed by atoms with Gasteiger partial charge in [0.05, 0.1) is 0 Å². The number of thiophene rings is 1. The quantitative estimate of drug-likeness (QED) is 0.666. The molecule has 2 nitrogen and oxygen atoms in total. The first-order chi connectivity index (χ1) is 9.38. The molecule has 19 heavy (non-hydrogen) atoms. The number of fused-ring (bicyclic) bond motifs is 1. The first-order valence-electron chi connectivity index (χ1n) is 7.08. The third-order valence-corrected chi connectivity index (χ3v) is 5.24. The fourth-order valence-electron chi connectivity index (χ4n) is 3.16. The summed E-state index contributed by atoms with van der Waals surface area (Å²) in [4.78, 5) is 12.1. The van der Waals surface area contributed by atoms with E-state index in [1.807, 2.05) is 0 Å². The van der Waals surface area contributed by atoms with Crippen molar-refractivity contribution in [2.24, 2.45) is 5.92 Å². The van der Waals surface area contributed by atoms with Gasteiger partial charge in [-0.05, 0) is 41.9 Å². The lowest BCUT2D eigenvalue weighted by Gasteiger charge is -2.31. The minimum atomic E-state index is 0.507. The van der Waals surface area contributed by atoms with Gasteiger partial charge in [0, 0.05) is 29.4 Å². The summed E-state index contributed by atoms with van der Waals surface area (Å²) in [6.45, 7) is 0.915. The third-order valence-electron chi connectivity index (χ3n) is 4.24. The van der Waals surface area contributed by atoms with Crippen LogP contribution in [-0.2, 0) is 11.3 Å². The molecule has 1 aromatic rings. The number of hydrogen-bond acceptors (Lipinski definition) is 3. The lowest BCUT2D eigenvalue weighted by atomic mass is 9.82. The second kappa shape index (κ2) is 5.87. The molecule has 0 saturated heterocycles. The van der Waals surface area contributed by atoms with Crippen LogP contribution >= 0.6 is 11.3 Å². The van der Waals surface area contributed by atoms with Gasteiger partial charge in [-0.15, -0.1) is 17.1 Å². The van der Waals surface area contributed by atoms with Gasteiger partial charge in [0.2, 0.25) is 0 Å². The maximum absolute atomic E-state index is 10.8. The molecule has 0 bridgehead atoms. The van der Waals surface area contributed by atoms with Crippen LogP contribution in [0, 0.1) is 5.92 Å². The fraction of sp³-hybridized carbons (Fsp3) is 0.500. The molecule has 0 aliphatic heterocycles. The predicted molar refractivity (Wildman–Crippen MR) is 80.0 cm³/mol. The topological polar surface area (TPSA) is 29.1 Å². The van der Waals surface area contributed by atoms with E-state index in [9.17, 15) is 4.79 Å². The molecule has 1 N–H and O–H groups in total. The van der Waals surface area contributed by atoms with E-state index >= 15 is 0 Å². The van der Waals surface area contributed by atoms with E-state index in [4.69, 9.17) is 0 Å². The predicted octanol–water partition coefficient (Wildman–Crippen LogP) is 3.62. The number of hydrogen-bond donors (Lipinski definition) is 1. The molecule has 0 amide bonds. The highest BCUT2D eigenvalue weighted by Crippen LogP contribution is 2.30. The zero-order chi connectivity index (χ0) is 13.1. The van der Waals surface area contributed by atoms with Crippen LogP contribution in [0.5, 0.6) is 0 Å². The third kappa shape index (κ3) is 2.74. The van der Waals surface area contributed by atoms with Gasteiger partial charge >= 0.3 is 0 Å². The summed E-state index contributed by atoms with van der Waals surface area (Å²) in [5.74, 6) is 0.534. The number of rotatable bonds is 5. The van der Waals surface area contributed by atoms with Gasteiger partial charge in [-0.3, -0.25) is 0 Å². The van der Waals surface area contributed by atoms with E-state index < -0.39 is 0 Å². The summed E-state index contributed by atoms with van der Waals surface area (Å²) in [5.41, 5.74) is 5.87. The molecule has 100 valence electrons. The van der Waals surface area contributed by atoms with Crippen LogP contribution < -0.4 is 5.32 Å². The molecule has 1 saturated carbocycles. The number of aldehydes is 1. The maximum atomic E-state index is 10.8. The fourth-order valence-corrected chi connectivity index (χ4v) is 4.09. The second-order valence-corrected chi connectivity index (χ2v) is 6.34. The van der Waals surface area contributed by atoms with Gasteiger partial charge in [-0.2, -0.15) is 0 Å². The van der Waals surface area contributed by atoms with Crippen molar-refractivity contribution < 1.29 is 4.79 Å². The first kappa shape index (κ1) is 12.9. The lowest BCUT2D eigenvalue weighted by Crippen LogP contribution is -2.38. The van der Waals surface area contributed by atoms with Crippen LogP contribution in [-0.4, -0.2) is 12.3 Å². The Balaban J connectivity index is 1.61. The zero-order valence-corrected chi connectivity index (χ0v) is 11.8. The van der Waals surface area contributed by atoms with Crippen LogP contribution in [0.15, 0.2) is 11.1 Å². The summed E-state index contributed by atoms with van der Waals surface area (Å²) >= 11 is 1.79. The van der Waals surface area contributed by atoms with Crippen molar-refractivity contribution in [2.75, 3.05) is 0 Å². The Kier molecular flexibility index (Phi) is 3.97. The number of carbonyl (C=O) groups excluding carboxylic acids is 1. The van der Waals surface area contributed by atoms with Gasteiger partial charge in [-0.1, -0.05) is 12.8 Å². The van der Waals surface area contributed by atoms with Gasteiger partial charge in [0.15, 0.2) is 0 Å². The van der Waals surface area contributed by atoms with Crippen molar-refractivity contribution in [2.45, 2.75) is 44.7 Å². The normalized spacial score (nSPS) is 24.6. The summed E-state index contributed by atoms with van der Waals surface area (Å²) in [5, 5.41) is 5.91. The molecule has 1 fully saturated rings. The number of nitrogens with one attached hydrogen (secondary N) is 1. The van der Waals surface area contributed by atoms with Crippen LogP contribution in [0.1, 0.15) is 48.1 Å². The summed E-state index contributed by atoms with van der Waals surface area (Å²) in [6, 6.07) is 0.507. The molecule has 1 aromatic heterocycles. The van der Waals surface area contributed by atoms with Crippen LogP contribution in [0.2, 0.25) is 0 Å². The average molecular weight is 273 g/mol. The van der Waals surface area contributed by atoms with Gasteiger partial charge < -0.3 is 10.1 Å². The smallest absolute Gasteiger partial charge is 0.120 e. The van der Waals surface area contributed by atoms with Crippen molar-refractivity contribution in [3.05, 3.63) is 27.1 Å². The standard InChI is InChI=1S/C16H19NOS/c18-9-8-12-4-1-2-6-15(12)17-10-13-11-19-16-7-3-5-14(13)16/h5,7,9,11-12,15,17H,1-2,4,6,8,10H2. The van der Waals surface area contributed by atoms with E-state index in [0.29, 0.717) is 18.4 Å². The molecule has 1 heterocycles. The SMILES string of the molecule is O=CCC1CCCCC1NCc1csc2c1C=C=C2. The Morgan fingerprint density at radius 3 is 3.16 bits per heavy atom. The highest BCUT2D eigenvalue weighted by Gasteiger charge is 2.24. The van der Waals surface area contributed by atoms with E-state index in [2.05, 4.69) is 28.6 Å². The number of carbonyl (C=O) groups is 1. The van der Waals surface area contributed by atoms with Crippen LogP contribution in [0.3, 0.4) is 0 Å². The van der Waals surface area contributed by atoms with Crippen molar-refractivity contribution in [3.8, 4) is 0 Å². The molecule has 0 radical (unpaired) electrons. The van der Waals surface area contributed by atoms with Gasteiger partial charge in [0.25, 0.3) is 0 Å². The molecule has 2 unspecified atom stereocenters. The Hall–Kier alpha value is -1.15. The largest absolute Gasteiger partial charge is 0.310 e. The minimum absolute atomic E-state index is 0.507. The Morgan fingerprint density at radius 1 is 1.37 bits per heavy atom. The Labute approximate surface area is 118 Å². The van der Waals surface area contributed by atoms with Gasteiger partial charge in [0.1, 0.15) is 6.29 Å². The monoisotopic (exact) mass is 273 g/mol. The van der Waals surface area contributed by atoms with Gasteiger partial charge in [-0.25, -0.2) is 0 Å². The molecular weight excluding hydrogens is 254 g/mol. The van der Waals surface area contributed by atoms with Crippen LogP contribution in [0.25, 0.3) is 12.2 Å². The van der Waals surface area contributed by atoms with Crippen molar-refractivity contribution in [1.29, 1.82) is 0 Å². The molecule has 3 rings (SSSR count). The summed E-state index contributed by atoms with van der Waals surface area (Å²) in [7, 11) is 0. The summed E-state index contributed by atoms with van der Waals surface area (Å²) in [6.07, 6.45) is 10.9. The van der Waals surface area contributed by atoms with E-state index in [1.54, 1.807) is 11.3 Å². The van der Waals surface area contributed by atoms with Crippen molar-refractivity contribution in [1.82, 2.24) is 5.32 Å².